The van der Waals surface area contributed by atoms with Crippen LogP contribution in [0.15, 0.2) is 0 Å². The Morgan fingerprint density at radius 3 is 1.88 bits per heavy atom. The second kappa shape index (κ2) is 9.49. The standard InChI is InChI=1S/C15H30O2/c1-5-6-7-8-9-10-11-12-13-15(3,4)17-14(2)16/h5-13H2,1-4H3. The zero-order chi connectivity index (χ0) is 13.1. The van der Waals surface area contributed by atoms with Gasteiger partial charge < -0.3 is 4.74 Å². The number of carbonyl (C=O) groups is 1. The largest absolute Gasteiger partial charge is 0.460 e. The fraction of sp³-hybridized carbons (Fsp3) is 0.933. The van der Waals surface area contributed by atoms with E-state index in [4.69, 9.17) is 4.74 Å². The Hall–Kier alpha value is -0.530. The summed E-state index contributed by atoms with van der Waals surface area (Å²) < 4.78 is 5.26. The number of rotatable bonds is 10. The maximum Gasteiger partial charge on any atom is 0.303 e. The number of hydrogen-bond acceptors (Lipinski definition) is 2. The summed E-state index contributed by atoms with van der Waals surface area (Å²) in [6.07, 6.45) is 11.5. The summed E-state index contributed by atoms with van der Waals surface area (Å²) in [6.45, 7) is 7.72. The normalized spacial score (nSPS) is 11.5. The average molecular weight is 242 g/mol. The number of carbonyl (C=O) groups excluding carboxylic acids is 1. The third-order valence-corrected chi connectivity index (χ3v) is 3.05. The lowest BCUT2D eigenvalue weighted by Gasteiger charge is -2.24. The number of unbranched alkanes of at least 4 members (excludes halogenated alkanes) is 7. The van der Waals surface area contributed by atoms with Crippen LogP contribution in [-0.4, -0.2) is 11.6 Å². The maximum absolute atomic E-state index is 10.9. The van der Waals surface area contributed by atoms with E-state index in [1.807, 2.05) is 13.8 Å². The average Bonchev–Trinajstić information content (AvgIpc) is 2.20. The summed E-state index contributed by atoms with van der Waals surface area (Å²) in [4.78, 5) is 10.9. The van der Waals surface area contributed by atoms with E-state index < -0.39 is 0 Å². The Morgan fingerprint density at radius 2 is 1.41 bits per heavy atom. The Labute approximate surface area is 107 Å². The van der Waals surface area contributed by atoms with Gasteiger partial charge in [0.1, 0.15) is 5.60 Å². The molecule has 17 heavy (non-hydrogen) atoms. The van der Waals surface area contributed by atoms with Crippen molar-refractivity contribution >= 4 is 5.97 Å². The zero-order valence-corrected chi connectivity index (χ0v) is 12.2. The van der Waals surface area contributed by atoms with E-state index >= 15 is 0 Å². The van der Waals surface area contributed by atoms with E-state index in [1.165, 1.54) is 51.9 Å². The van der Waals surface area contributed by atoms with E-state index in [2.05, 4.69) is 6.92 Å². The van der Waals surface area contributed by atoms with Crippen LogP contribution < -0.4 is 0 Å². The summed E-state index contributed by atoms with van der Waals surface area (Å²) in [5.74, 6) is -0.172. The van der Waals surface area contributed by atoms with Gasteiger partial charge in [0.25, 0.3) is 0 Å². The van der Waals surface area contributed by atoms with Gasteiger partial charge in [0, 0.05) is 6.92 Å². The van der Waals surface area contributed by atoms with Crippen LogP contribution in [0.5, 0.6) is 0 Å². The van der Waals surface area contributed by atoms with Gasteiger partial charge in [-0.3, -0.25) is 4.79 Å². The molecule has 0 unspecified atom stereocenters. The van der Waals surface area contributed by atoms with Crippen LogP contribution in [0.4, 0.5) is 0 Å². The first-order valence-corrected chi connectivity index (χ1v) is 7.17. The molecule has 0 bridgehead atoms. The molecule has 2 nitrogen and oxygen atoms in total. The van der Waals surface area contributed by atoms with Crippen LogP contribution in [0.2, 0.25) is 0 Å². The molecule has 0 rings (SSSR count). The van der Waals surface area contributed by atoms with Crippen molar-refractivity contribution in [2.75, 3.05) is 0 Å². The van der Waals surface area contributed by atoms with Crippen LogP contribution >= 0.6 is 0 Å². The van der Waals surface area contributed by atoms with E-state index in [1.54, 1.807) is 0 Å². The lowest BCUT2D eigenvalue weighted by Crippen LogP contribution is -2.26. The van der Waals surface area contributed by atoms with E-state index in [-0.39, 0.29) is 11.6 Å². The molecule has 0 saturated heterocycles. The van der Waals surface area contributed by atoms with Crippen molar-refractivity contribution in [3.05, 3.63) is 0 Å². The van der Waals surface area contributed by atoms with Crippen molar-refractivity contribution in [3.8, 4) is 0 Å². The van der Waals surface area contributed by atoms with Crippen molar-refractivity contribution in [2.24, 2.45) is 0 Å². The highest BCUT2D eigenvalue weighted by atomic mass is 16.6. The summed E-state index contributed by atoms with van der Waals surface area (Å²) >= 11 is 0. The second-order valence-electron chi connectivity index (χ2n) is 5.58. The molecule has 0 atom stereocenters. The minimum atomic E-state index is -0.284. The fourth-order valence-electron chi connectivity index (χ4n) is 2.12. The molecule has 0 aromatic rings. The van der Waals surface area contributed by atoms with Gasteiger partial charge in [-0.25, -0.2) is 0 Å². The molecule has 0 fully saturated rings. The second-order valence-corrected chi connectivity index (χ2v) is 5.58. The van der Waals surface area contributed by atoms with Gasteiger partial charge in [-0.1, -0.05) is 51.9 Å². The van der Waals surface area contributed by atoms with Gasteiger partial charge in [0.15, 0.2) is 0 Å². The maximum atomic E-state index is 10.9. The molecule has 0 amide bonds. The summed E-state index contributed by atoms with van der Waals surface area (Å²) in [5, 5.41) is 0. The van der Waals surface area contributed by atoms with Gasteiger partial charge in [-0.2, -0.15) is 0 Å². The molecule has 0 aliphatic carbocycles. The van der Waals surface area contributed by atoms with E-state index in [0.29, 0.717) is 0 Å². The third-order valence-electron chi connectivity index (χ3n) is 3.05. The first-order chi connectivity index (χ1) is 7.98. The van der Waals surface area contributed by atoms with Gasteiger partial charge in [-0.15, -0.1) is 0 Å². The van der Waals surface area contributed by atoms with Crippen LogP contribution in [0.3, 0.4) is 0 Å². The Morgan fingerprint density at radius 1 is 0.941 bits per heavy atom. The molecule has 0 saturated carbocycles. The fourth-order valence-corrected chi connectivity index (χ4v) is 2.12. The van der Waals surface area contributed by atoms with Crippen molar-refractivity contribution in [1.82, 2.24) is 0 Å². The SMILES string of the molecule is CCCCCCCCCCC(C)(C)OC(C)=O. The molecule has 0 aromatic carbocycles. The molecule has 0 aromatic heterocycles. The van der Waals surface area contributed by atoms with Crippen molar-refractivity contribution < 1.29 is 9.53 Å². The van der Waals surface area contributed by atoms with E-state index in [0.717, 1.165) is 12.8 Å². The predicted molar refractivity (Wildman–Crippen MR) is 73.1 cm³/mol. The number of esters is 1. The quantitative estimate of drug-likeness (QED) is 0.404. The lowest BCUT2D eigenvalue weighted by molar-refractivity contribution is -0.154. The van der Waals surface area contributed by atoms with Crippen LogP contribution in [-0.2, 0) is 9.53 Å². The first kappa shape index (κ1) is 16.5. The highest BCUT2D eigenvalue weighted by Gasteiger charge is 2.19. The molecule has 0 spiro atoms. The lowest BCUT2D eigenvalue weighted by atomic mass is 9.99. The Kier molecular flexibility index (Phi) is 9.20. The molecule has 102 valence electrons. The van der Waals surface area contributed by atoms with Crippen LogP contribution in [0.25, 0.3) is 0 Å². The topological polar surface area (TPSA) is 26.3 Å². The minimum absolute atomic E-state index is 0.172. The summed E-state index contributed by atoms with van der Waals surface area (Å²) in [5.41, 5.74) is -0.284. The predicted octanol–water partition coefficient (Wildman–Crippen LogP) is 4.86. The van der Waals surface area contributed by atoms with Crippen molar-refractivity contribution in [3.63, 3.8) is 0 Å². The monoisotopic (exact) mass is 242 g/mol. The third kappa shape index (κ3) is 11.7. The summed E-state index contributed by atoms with van der Waals surface area (Å²) in [7, 11) is 0. The zero-order valence-electron chi connectivity index (χ0n) is 12.2. The van der Waals surface area contributed by atoms with Crippen LogP contribution in [0, 0.1) is 0 Å². The molecule has 0 radical (unpaired) electrons. The van der Waals surface area contributed by atoms with Crippen molar-refractivity contribution in [1.29, 1.82) is 0 Å². The van der Waals surface area contributed by atoms with Crippen LogP contribution in [0.1, 0.15) is 85.5 Å². The minimum Gasteiger partial charge on any atom is -0.460 e. The van der Waals surface area contributed by atoms with Gasteiger partial charge in [0.05, 0.1) is 0 Å². The molecular weight excluding hydrogens is 212 g/mol. The molecule has 0 aliphatic heterocycles. The molecule has 2 heteroatoms. The van der Waals surface area contributed by atoms with Gasteiger partial charge in [0.2, 0.25) is 0 Å². The molecule has 0 aliphatic rings. The molecule has 0 N–H and O–H groups in total. The first-order valence-electron chi connectivity index (χ1n) is 7.17. The Balaban J connectivity index is 3.35. The van der Waals surface area contributed by atoms with E-state index in [9.17, 15) is 4.79 Å². The molecule has 0 heterocycles. The number of hydrogen-bond donors (Lipinski definition) is 0. The van der Waals surface area contributed by atoms with Gasteiger partial charge >= 0.3 is 5.97 Å². The highest BCUT2D eigenvalue weighted by molar-refractivity contribution is 5.66. The number of ether oxygens (including phenoxy) is 1. The smallest absolute Gasteiger partial charge is 0.303 e. The highest BCUT2D eigenvalue weighted by Crippen LogP contribution is 2.19. The molecular formula is C15H30O2. The van der Waals surface area contributed by atoms with Gasteiger partial charge in [-0.05, 0) is 26.7 Å². The van der Waals surface area contributed by atoms with Crippen molar-refractivity contribution in [2.45, 2.75) is 91.1 Å². The summed E-state index contributed by atoms with van der Waals surface area (Å²) in [6, 6.07) is 0. The Bertz CT molecular complexity index is 197.